The molecule has 1 aliphatic carbocycles. The van der Waals surface area contributed by atoms with Crippen molar-refractivity contribution in [2.75, 3.05) is 5.75 Å². The number of halogens is 5. The van der Waals surface area contributed by atoms with Crippen molar-refractivity contribution in [1.82, 2.24) is 24.7 Å². The minimum atomic E-state index is -5.87. The van der Waals surface area contributed by atoms with Crippen molar-refractivity contribution in [3.63, 3.8) is 0 Å². The van der Waals surface area contributed by atoms with E-state index in [4.69, 9.17) is 0 Å². The molecule has 3 aromatic heterocycles. The van der Waals surface area contributed by atoms with Gasteiger partial charge in [0.15, 0.2) is 21.3 Å². The van der Waals surface area contributed by atoms with Gasteiger partial charge < -0.3 is 4.57 Å². The number of fused-ring (bicyclic) bond motifs is 1. The number of rotatable bonds is 6. The van der Waals surface area contributed by atoms with Gasteiger partial charge in [0.25, 0.3) is 0 Å². The summed E-state index contributed by atoms with van der Waals surface area (Å²) < 4.78 is 93.6. The third kappa shape index (κ3) is 4.24. The van der Waals surface area contributed by atoms with Crippen LogP contribution < -0.4 is 0 Å². The molecule has 0 N–H and O–H groups in total. The van der Waals surface area contributed by atoms with Crippen molar-refractivity contribution in [2.24, 2.45) is 7.05 Å². The lowest BCUT2D eigenvalue weighted by Gasteiger charge is -2.17. The number of nitrogens with zero attached hydrogens (tertiary/aromatic N) is 5. The number of alkyl halides is 5. The van der Waals surface area contributed by atoms with Gasteiger partial charge in [-0.25, -0.2) is 13.4 Å². The Morgan fingerprint density at radius 1 is 1.05 bits per heavy atom. The highest BCUT2D eigenvalue weighted by molar-refractivity contribution is 7.91. The summed E-state index contributed by atoms with van der Waals surface area (Å²) in [6, 6.07) is 9.64. The summed E-state index contributed by atoms with van der Waals surface area (Å²) in [7, 11) is -2.43. The molecule has 7 nitrogen and oxygen atoms in total. The molecule has 0 radical (unpaired) electrons. The Kier molecular flexibility index (Phi) is 5.81. The van der Waals surface area contributed by atoms with Crippen molar-refractivity contribution in [3.05, 3.63) is 53.9 Å². The molecule has 1 aromatic carbocycles. The Morgan fingerprint density at radius 2 is 1.76 bits per heavy atom. The van der Waals surface area contributed by atoms with Gasteiger partial charge in [0.05, 0.1) is 10.6 Å². The minimum absolute atomic E-state index is 0.0640. The Bertz CT molecular complexity index is 1630. The number of imidazole rings is 1. The van der Waals surface area contributed by atoms with E-state index in [2.05, 4.69) is 20.2 Å². The van der Waals surface area contributed by atoms with E-state index in [-0.39, 0.29) is 33.3 Å². The molecule has 194 valence electrons. The van der Waals surface area contributed by atoms with E-state index in [1.54, 1.807) is 0 Å². The zero-order valence-corrected chi connectivity index (χ0v) is 20.4. The maximum atomic E-state index is 13.8. The fourth-order valence-corrected chi connectivity index (χ4v) is 5.22. The number of benzene rings is 1. The zero-order chi connectivity index (χ0) is 26.8. The summed E-state index contributed by atoms with van der Waals surface area (Å²) in [4.78, 5) is 8.39. The molecule has 3 heterocycles. The molecule has 5 rings (SSSR count). The topological polar surface area (TPSA) is 90.6 Å². The van der Waals surface area contributed by atoms with Gasteiger partial charge in [0, 0.05) is 18.8 Å². The molecule has 37 heavy (non-hydrogen) atoms. The van der Waals surface area contributed by atoms with E-state index in [0.717, 1.165) is 24.0 Å². The predicted octanol–water partition coefficient (Wildman–Crippen LogP) is 5.42. The summed E-state index contributed by atoms with van der Waals surface area (Å²) in [5, 5.41) is 6.58. The van der Waals surface area contributed by atoms with Gasteiger partial charge in [-0.1, -0.05) is 31.2 Å². The number of sulfone groups is 1. The van der Waals surface area contributed by atoms with E-state index in [9.17, 15) is 30.4 Å². The fraction of sp³-hybridized carbons (Fsp3) is 0.333. The third-order valence-electron chi connectivity index (χ3n) is 6.36. The van der Waals surface area contributed by atoms with Crippen molar-refractivity contribution in [1.29, 1.82) is 0 Å². The van der Waals surface area contributed by atoms with Crippen LogP contribution in [-0.4, -0.2) is 45.1 Å². The minimum Gasteiger partial charge on any atom is -0.309 e. The largest absolute Gasteiger partial charge is 0.459 e. The van der Waals surface area contributed by atoms with Gasteiger partial charge in [-0.3, -0.25) is 4.98 Å². The van der Waals surface area contributed by atoms with E-state index in [0.29, 0.717) is 17.5 Å². The van der Waals surface area contributed by atoms with E-state index in [1.165, 1.54) is 30.8 Å². The third-order valence-corrected chi connectivity index (χ3v) is 8.10. The van der Waals surface area contributed by atoms with Gasteiger partial charge in [0.2, 0.25) is 0 Å². The lowest BCUT2D eigenvalue weighted by atomic mass is 9.98. The van der Waals surface area contributed by atoms with Gasteiger partial charge in [-0.2, -0.15) is 22.0 Å². The quantitative estimate of drug-likeness (QED) is 0.305. The number of aryl methyl sites for hydroxylation is 1. The first-order valence-electron chi connectivity index (χ1n) is 11.3. The molecular weight excluding hydrogens is 517 g/mol. The Hall–Kier alpha value is -3.48. The lowest BCUT2D eigenvalue weighted by molar-refractivity contribution is -0.291. The first-order chi connectivity index (χ1) is 17.3. The first kappa shape index (κ1) is 25.2. The fourth-order valence-electron chi connectivity index (χ4n) is 4.16. The highest BCUT2D eigenvalue weighted by Crippen LogP contribution is 2.45. The molecular formula is C24H20F5N5O2S. The molecule has 0 amide bonds. The molecule has 0 aliphatic heterocycles. The van der Waals surface area contributed by atoms with Crippen molar-refractivity contribution < 1.29 is 30.4 Å². The second kappa shape index (κ2) is 8.54. The predicted molar refractivity (Wildman–Crippen MR) is 125 cm³/mol. The maximum Gasteiger partial charge on any atom is 0.459 e. The van der Waals surface area contributed by atoms with Gasteiger partial charge in [-0.15, -0.1) is 10.2 Å². The Morgan fingerprint density at radius 3 is 2.41 bits per heavy atom. The smallest absolute Gasteiger partial charge is 0.309 e. The molecule has 0 saturated heterocycles. The van der Waals surface area contributed by atoms with Crippen LogP contribution in [0, 0.1) is 0 Å². The summed E-state index contributed by atoms with van der Waals surface area (Å²) in [6.45, 7) is 1.47. The van der Waals surface area contributed by atoms with Gasteiger partial charge in [-0.05, 0) is 42.0 Å². The van der Waals surface area contributed by atoms with Crippen LogP contribution >= 0.6 is 0 Å². The summed E-state index contributed by atoms with van der Waals surface area (Å²) in [6.07, 6.45) is -2.29. The van der Waals surface area contributed by atoms with Gasteiger partial charge >= 0.3 is 12.1 Å². The average Bonchev–Trinajstić information content (AvgIpc) is 3.66. The molecule has 1 saturated carbocycles. The van der Waals surface area contributed by atoms with Gasteiger partial charge in [0.1, 0.15) is 16.9 Å². The SMILES string of the molecule is CCS(=O)(=O)c1cc(-c2ccccc2C2CC2)cnc1-c1nc2cc(C(F)(F)C(F)(F)F)nnc2n1C. The summed E-state index contributed by atoms with van der Waals surface area (Å²) in [5.41, 5.74) is 0.430. The van der Waals surface area contributed by atoms with E-state index in [1.807, 2.05) is 24.3 Å². The van der Waals surface area contributed by atoms with Crippen LogP contribution in [0.3, 0.4) is 0 Å². The molecule has 0 atom stereocenters. The molecule has 1 aliphatic rings. The van der Waals surface area contributed by atoms with Crippen LogP contribution in [0.15, 0.2) is 47.5 Å². The van der Waals surface area contributed by atoms with Crippen LogP contribution in [0.5, 0.6) is 0 Å². The molecule has 1 fully saturated rings. The van der Waals surface area contributed by atoms with E-state index >= 15 is 0 Å². The first-order valence-corrected chi connectivity index (χ1v) is 13.0. The highest BCUT2D eigenvalue weighted by atomic mass is 32.2. The number of aromatic nitrogens is 5. The van der Waals surface area contributed by atoms with Crippen LogP contribution in [0.1, 0.15) is 36.9 Å². The van der Waals surface area contributed by atoms with Crippen LogP contribution in [0.2, 0.25) is 0 Å². The molecule has 0 unspecified atom stereocenters. The molecule has 13 heteroatoms. The number of hydrogen-bond acceptors (Lipinski definition) is 6. The molecule has 0 spiro atoms. The number of hydrogen-bond donors (Lipinski definition) is 0. The summed E-state index contributed by atoms with van der Waals surface area (Å²) >= 11 is 0. The average molecular weight is 538 g/mol. The normalized spacial score (nSPS) is 14.9. The second-order valence-electron chi connectivity index (χ2n) is 8.84. The van der Waals surface area contributed by atoms with Crippen LogP contribution in [0.4, 0.5) is 22.0 Å². The van der Waals surface area contributed by atoms with E-state index < -0.39 is 27.6 Å². The molecule has 0 bridgehead atoms. The second-order valence-corrected chi connectivity index (χ2v) is 11.1. The lowest BCUT2D eigenvalue weighted by Crippen LogP contribution is -2.34. The molecule has 4 aromatic rings. The standard InChI is InChI=1S/C24H20F5N5O2S/c1-3-37(35,36)18-10-14(16-7-5-4-6-15(16)13-8-9-13)12-30-20(18)22-31-17-11-19(23(25,26)24(27,28)29)32-33-21(17)34(22)2/h4-7,10-13H,3,8-9H2,1-2H3. The van der Waals surface area contributed by atoms with Crippen molar-refractivity contribution >= 4 is 21.0 Å². The maximum absolute atomic E-state index is 13.8. The zero-order valence-electron chi connectivity index (χ0n) is 19.6. The summed E-state index contributed by atoms with van der Waals surface area (Å²) in [5.74, 6) is -5.16. The Balaban J connectivity index is 1.68. The Labute approximate surface area is 208 Å². The van der Waals surface area contributed by atoms with Crippen LogP contribution in [-0.2, 0) is 22.8 Å². The van der Waals surface area contributed by atoms with Crippen molar-refractivity contribution in [3.8, 4) is 22.6 Å². The highest BCUT2D eigenvalue weighted by Gasteiger charge is 2.60. The monoisotopic (exact) mass is 537 g/mol. The van der Waals surface area contributed by atoms with Crippen LogP contribution in [0.25, 0.3) is 33.8 Å². The number of pyridine rings is 1. The van der Waals surface area contributed by atoms with Crippen molar-refractivity contribution in [2.45, 2.75) is 42.7 Å².